The van der Waals surface area contributed by atoms with E-state index in [1.54, 1.807) is 12.4 Å². The van der Waals surface area contributed by atoms with Crippen molar-refractivity contribution >= 4 is 30.1 Å². The number of β-amino-alcohol motifs (C(OH)–C–C–N with tert-alkyl or cyclic N) is 1. The van der Waals surface area contributed by atoms with Gasteiger partial charge < -0.3 is 20.2 Å². The highest BCUT2D eigenvalue weighted by atomic mass is 35.5. The lowest BCUT2D eigenvalue weighted by Gasteiger charge is -2.52. The molecule has 1 aromatic heterocycles. The highest BCUT2D eigenvalue weighted by Crippen LogP contribution is 2.50. The summed E-state index contributed by atoms with van der Waals surface area (Å²) in [5, 5.41) is 14.5. The Bertz CT molecular complexity index is 1130. The first-order valence-electron chi connectivity index (χ1n) is 14.2. The number of aliphatic hydroxyl groups is 1. The number of urea groups is 1. The summed E-state index contributed by atoms with van der Waals surface area (Å²) in [7, 11) is 4.34. The largest absolute Gasteiger partial charge is 0.388 e. The van der Waals surface area contributed by atoms with Crippen molar-refractivity contribution in [2.24, 2.45) is 0 Å². The van der Waals surface area contributed by atoms with Gasteiger partial charge in [-0.05, 0) is 64.6 Å². The van der Waals surface area contributed by atoms with Crippen LogP contribution in [0.25, 0.3) is 0 Å². The van der Waals surface area contributed by atoms with Crippen LogP contribution in [0.5, 0.6) is 0 Å². The third kappa shape index (κ3) is 4.99. The van der Waals surface area contributed by atoms with Gasteiger partial charge in [-0.15, -0.1) is 12.4 Å². The second-order valence-corrected chi connectivity index (χ2v) is 12.0. The first-order chi connectivity index (χ1) is 18.3. The number of halogens is 1. The molecule has 2 saturated carbocycles. The van der Waals surface area contributed by atoms with Gasteiger partial charge >= 0.3 is 6.03 Å². The predicted octanol–water partition coefficient (Wildman–Crippen LogP) is 3.23. The number of piperazine rings is 1. The van der Waals surface area contributed by atoms with Crippen molar-refractivity contribution in [1.29, 1.82) is 0 Å². The molecule has 1 aromatic carbocycles. The summed E-state index contributed by atoms with van der Waals surface area (Å²) in [6, 6.07) is 10.7. The number of anilines is 2. The molecule has 2 amide bonds. The molecular weight excluding hydrogens is 514 g/mol. The summed E-state index contributed by atoms with van der Waals surface area (Å²) in [6.07, 6.45) is 9.84. The van der Waals surface area contributed by atoms with E-state index >= 15 is 0 Å². The molecule has 10 heteroatoms. The average molecular weight is 556 g/mol. The van der Waals surface area contributed by atoms with Gasteiger partial charge in [-0.25, -0.2) is 14.8 Å². The molecule has 0 atom stereocenters. The zero-order chi connectivity index (χ0) is 26.4. The van der Waals surface area contributed by atoms with E-state index in [1.807, 2.05) is 9.80 Å². The molecule has 4 fully saturated rings. The molecule has 1 spiro atoms. The first kappa shape index (κ1) is 28.1. The lowest BCUT2D eigenvalue weighted by Crippen LogP contribution is -2.59. The zero-order valence-corrected chi connectivity index (χ0v) is 24.0. The topological polar surface area (TPSA) is 88.1 Å². The summed E-state index contributed by atoms with van der Waals surface area (Å²) < 4.78 is 0. The standard InChI is InChI=1S/C29H41N7O2.ClH/c1-33(2)29(23-7-4-3-5-8-23)13-11-27(12-14-29)21-35(26(37)36(27)22-28(38)9-6-10-28)24-19-31-25(32-20-24)34-17-15-30-16-18-34;/h3-5,7-8,19-20,30,38H,6,9-18,21-22H2,1-2H3;1H. The van der Waals surface area contributed by atoms with E-state index in [4.69, 9.17) is 0 Å². The van der Waals surface area contributed by atoms with E-state index in [-0.39, 0.29) is 29.5 Å². The second-order valence-electron chi connectivity index (χ2n) is 12.0. The van der Waals surface area contributed by atoms with E-state index in [0.717, 1.165) is 76.8 Å². The van der Waals surface area contributed by atoms with Crippen molar-refractivity contribution in [2.75, 3.05) is 63.2 Å². The monoisotopic (exact) mass is 555 g/mol. The first-order valence-corrected chi connectivity index (χ1v) is 14.2. The molecule has 4 aliphatic rings. The number of nitrogens with zero attached hydrogens (tertiary/aromatic N) is 6. The predicted molar refractivity (Wildman–Crippen MR) is 156 cm³/mol. The maximum Gasteiger partial charge on any atom is 0.325 e. The second kappa shape index (κ2) is 10.8. The van der Waals surface area contributed by atoms with E-state index < -0.39 is 5.60 Å². The van der Waals surface area contributed by atoms with Crippen LogP contribution >= 0.6 is 12.4 Å². The molecule has 0 radical (unpaired) electrons. The number of carbonyl (C=O) groups excluding carboxylic acids is 1. The van der Waals surface area contributed by atoms with Crippen molar-refractivity contribution in [3.63, 3.8) is 0 Å². The van der Waals surface area contributed by atoms with E-state index in [2.05, 4.69) is 69.5 Å². The molecule has 2 aliphatic carbocycles. The number of hydrogen-bond acceptors (Lipinski definition) is 7. The van der Waals surface area contributed by atoms with Crippen molar-refractivity contribution in [1.82, 2.24) is 25.1 Å². The van der Waals surface area contributed by atoms with Gasteiger partial charge in [0.1, 0.15) is 0 Å². The molecule has 9 nitrogen and oxygen atoms in total. The molecule has 0 unspecified atom stereocenters. The van der Waals surface area contributed by atoms with Crippen LogP contribution < -0.4 is 15.1 Å². The summed E-state index contributed by atoms with van der Waals surface area (Å²) in [5.74, 6) is 0.716. The Morgan fingerprint density at radius 2 is 1.62 bits per heavy atom. The molecular formula is C29H42ClN7O2. The normalized spacial score (nSPS) is 28.5. The third-order valence-electron chi connectivity index (χ3n) is 9.73. The Balaban J connectivity index is 0.00000308. The molecule has 2 aliphatic heterocycles. The lowest BCUT2D eigenvalue weighted by molar-refractivity contribution is -0.0725. The third-order valence-corrected chi connectivity index (χ3v) is 9.73. The Morgan fingerprint density at radius 1 is 0.974 bits per heavy atom. The van der Waals surface area contributed by atoms with Gasteiger partial charge in [-0.3, -0.25) is 9.80 Å². The van der Waals surface area contributed by atoms with Crippen molar-refractivity contribution in [2.45, 2.75) is 61.6 Å². The van der Waals surface area contributed by atoms with E-state index in [9.17, 15) is 9.90 Å². The smallest absolute Gasteiger partial charge is 0.325 e. The van der Waals surface area contributed by atoms with Gasteiger partial charge in [0.15, 0.2) is 0 Å². The van der Waals surface area contributed by atoms with Crippen LogP contribution in [0.15, 0.2) is 42.7 Å². The van der Waals surface area contributed by atoms with Crippen molar-refractivity contribution < 1.29 is 9.90 Å². The number of rotatable bonds is 6. The van der Waals surface area contributed by atoms with Gasteiger partial charge in [0.2, 0.25) is 5.95 Å². The molecule has 39 heavy (non-hydrogen) atoms. The number of nitrogens with one attached hydrogen (secondary N) is 1. The number of benzene rings is 1. The van der Waals surface area contributed by atoms with E-state index in [1.165, 1.54) is 5.56 Å². The fourth-order valence-corrected chi connectivity index (χ4v) is 7.05. The summed E-state index contributed by atoms with van der Waals surface area (Å²) in [6.45, 7) is 4.62. The molecule has 212 valence electrons. The molecule has 2 N–H and O–H groups in total. The SMILES string of the molecule is CN(C)C1(c2ccccc2)CCC2(CC1)CN(c1cnc(N3CCNCC3)nc1)C(=O)N2CC1(O)CCC1.Cl. The van der Waals surface area contributed by atoms with Crippen LogP contribution in [-0.4, -0.2) is 95.4 Å². The fourth-order valence-electron chi connectivity index (χ4n) is 7.05. The van der Waals surface area contributed by atoms with Crippen molar-refractivity contribution in [3.05, 3.63) is 48.3 Å². The van der Waals surface area contributed by atoms with Crippen LogP contribution in [0.2, 0.25) is 0 Å². The Labute approximate surface area is 238 Å². The van der Waals surface area contributed by atoms with Crippen LogP contribution in [0.3, 0.4) is 0 Å². The number of hydrogen-bond donors (Lipinski definition) is 2. The minimum Gasteiger partial charge on any atom is -0.388 e. The Hall–Kier alpha value is -2.46. The highest BCUT2D eigenvalue weighted by molar-refractivity contribution is 5.95. The van der Waals surface area contributed by atoms with Crippen LogP contribution in [0, 0.1) is 0 Å². The maximum atomic E-state index is 14.0. The van der Waals surface area contributed by atoms with Crippen LogP contribution in [-0.2, 0) is 5.54 Å². The van der Waals surface area contributed by atoms with Gasteiger partial charge in [0.25, 0.3) is 0 Å². The van der Waals surface area contributed by atoms with Gasteiger partial charge in [-0.2, -0.15) is 0 Å². The lowest BCUT2D eigenvalue weighted by atomic mass is 9.67. The summed E-state index contributed by atoms with van der Waals surface area (Å²) in [5.41, 5.74) is 0.937. The molecule has 0 bridgehead atoms. The Kier molecular flexibility index (Phi) is 7.81. The number of aromatic nitrogens is 2. The quantitative estimate of drug-likeness (QED) is 0.566. The van der Waals surface area contributed by atoms with Crippen LogP contribution in [0.1, 0.15) is 50.5 Å². The zero-order valence-electron chi connectivity index (χ0n) is 23.2. The van der Waals surface area contributed by atoms with Gasteiger partial charge in [0, 0.05) is 31.7 Å². The molecule has 3 heterocycles. The maximum absolute atomic E-state index is 14.0. The average Bonchev–Trinajstić information content (AvgIpc) is 3.20. The highest BCUT2D eigenvalue weighted by Gasteiger charge is 2.56. The van der Waals surface area contributed by atoms with E-state index in [0.29, 0.717) is 19.0 Å². The summed E-state index contributed by atoms with van der Waals surface area (Å²) in [4.78, 5) is 31.7. The molecule has 2 saturated heterocycles. The minimum absolute atomic E-state index is 0. The van der Waals surface area contributed by atoms with Crippen molar-refractivity contribution in [3.8, 4) is 0 Å². The fraction of sp³-hybridized carbons (Fsp3) is 0.621. The van der Waals surface area contributed by atoms with Gasteiger partial charge in [0.05, 0.1) is 42.3 Å². The molecule has 2 aromatic rings. The van der Waals surface area contributed by atoms with Gasteiger partial charge in [-0.1, -0.05) is 30.3 Å². The number of carbonyl (C=O) groups is 1. The summed E-state index contributed by atoms with van der Waals surface area (Å²) >= 11 is 0. The Morgan fingerprint density at radius 3 is 2.18 bits per heavy atom. The molecule has 6 rings (SSSR count). The minimum atomic E-state index is -0.767. The van der Waals surface area contributed by atoms with Crippen LogP contribution in [0.4, 0.5) is 16.4 Å². The number of amides is 2.